The molecule has 1 heterocycles. The molecule has 162 valence electrons. The number of ether oxygens (including phenoxy) is 1. The Morgan fingerprint density at radius 1 is 0.935 bits per heavy atom. The van der Waals surface area contributed by atoms with Crippen LogP contribution in [-0.2, 0) is 25.7 Å². The van der Waals surface area contributed by atoms with Crippen molar-refractivity contribution in [3.8, 4) is 17.0 Å². The average Bonchev–Trinajstić information content (AvgIpc) is 3.29. The van der Waals surface area contributed by atoms with Crippen molar-refractivity contribution in [3.05, 3.63) is 70.5 Å². The molecule has 4 rings (SSSR count). The Morgan fingerprint density at radius 3 is 2.29 bits per heavy atom. The van der Waals surface area contributed by atoms with Gasteiger partial charge in [0.05, 0.1) is 30.2 Å². The number of rotatable bonds is 8. The number of aryl methyl sites for hydroxylation is 4. The number of hydrogen-bond donors (Lipinski definition) is 1. The molecule has 0 fully saturated rings. The highest BCUT2D eigenvalue weighted by atomic mass is 16.5. The Kier molecular flexibility index (Phi) is 6.55. The Bertz CT molecular complexity index is 1050. The second kappa shape index (κ2) is 9.51. The molecule has 0 radical (unpaired) electrons. The normalized spacial score (nSPS) is 13.7. The van der Waals surface area contributed by atoms with Gasteiger partial charge in [-0.2, -0.15) is 0 Å². The number of nitrogens with zero attached hydrogens (tertiary/aromatic N) is 2. The van der Waals surface area contributed by atoms with Gasteiger partial charge in [-0.1, -0.05) is 51.1 Å². The van der Waals surface area contributed by atoms with Crippen LogP contribution in [0.2, 0.25) is 0 Å². The van der Waals surface area contributed by atoms with E-state index in [1.54, 1.807) is 7.11 Å². The van der Waals surface area contributed by atoms with Gasteiger partial charge < -0.3 is 10.1 Å². The first-order valence-corrected chi connectivity index (χ1v) is 11.6. The average molecular weight is 416 g/mol. The molecule has 4 heteroatoms. The second-order valence-electron chi connectivity index (χ2n) is 8.21. The second-order valence-corrected chi connectivity index (χ2v) is 8.21. The van der Waals surface area contributed by atoms with E-state index in [1.807, 2.05) is 0 Å². The highest BCUT2D eigenvalue weighted by Crippen LogP contribution is 2.37. The van der Waals surface area contributed by atoms with Crippen molar-refractivity contribution in [2.75, 3.05) is 12.4 Å². The SMILES string of the molecule is CCc1nc(-c2cc3c(cc2OC)CCC3)c(CC)nc1NC(CC)c1ccccc1. The predicted molar refractivity (Wildman–Crippen MR) is 128 cm³/mol. The molecule has 1 unspecified atom stereocenters. The summed E-state index contributed by atoms with van der Waals surface area (Å²) in [5, 5.41) is 3.68. The van der Waals surface area contributed by atoms with E-state index in [1.165, 1.54) is 23.1 Å². The maximum Gasteiger partial charge on any atom is 0.148 e. The maximum absolute atomic E-state index is 5.78. The molecular formula is C27H33N3O. The molecule has 0 bridgehead atoms. The quantitative estimate of drug-likeness (QED) is 0.467. The van der Waals surface area contributed by atoms with Crippen LogP contribution in [-0.4, -0.2) is 17.1 Å². The van der Waals surface area contributed by atoms with Crippen molar-refractivity contribution < 1.29 is 4.74 Å². The van der Waals surface area contributed by atoms with E-state index in [2.05, 4.69) is 68.6 Å². The molecular weight excluding hydrogens is 382 g/mol. The topological polar surface area (TPSA) is 47.0 Å². The van der Waals surface area contributed by atoms with E-state index in [0.717, 1.165) is 66.3 Å². The number of nitrogens with one attached hydrogen (secondary N) is 1. The lowest BCUT2D eigenvalue weighted by Crippen LogP contribution is -2.15. The Hall–Kier alpha value is -2.88. The minimum Gasteiger partial charge on any atom is -0.496 e. The van der Waals surface area contributed by atoms with E-state index in [0.29, 0.717) is 0 Å². The molecule has 3 aromatic rings. The third-order valence-electron chi connectivity index (χ3n) is 6.30. The summed E-state index contributed by atoms with van der Waals surface area (Å²) in [5.41, 5.74) is 8.16. The summed E-state index contributed by atoms with van der Waals surface area (Å²) in [6.45, 7) is 6.50. The van der Waals surface area contributed by atoms with Gasteiger partial charge in [-0.25, -0.2) is 9.97 Å². The van der Waals surface area contributed by atoms with Crippen LogP contribution >= 0.6 is 0 Å². The first-order chi connectivity index (χ1) is 15.2. The lowest BCUT2D eigenvalue weighted by Gasteiger charge is -2.22. The number of methoxy groups -OCH3 is 1. The smallest absolute Gasteiger partial charge is 0.148 e. The minimum atomic E-state index is 0.214. The van der Waals surface area contributed by atoms with Crippen LogP contribution in [0.15, 0.2) is 42.5 Å². The summed E-state index contributed by atoms with van der Waals surface area (Å²) in [4.78, 5) is 10.2. The van der Waals surface area contributed by atoms with E-state index in [9.17, 15) is 0 Å². The van der Waals surface area contributed by atoms with Crippen LogP contribution in [0.4, 0.5) is 5.82 Å². The monoisotopic (exact) mass is 415 g/mol. The van der Waals surface area contributed by atoms with E-state index in [-0.39, 0.29) is 6.04 Å². The fourth-order valence-corrected chi connectivity index (χ4v) is 4.56. The van der Waals surface area contributed by atoms with Gasteiger partial charge in [-0.05, 0) is 67.3 Å². The molecule has 1 aliphatic carbocycles. The molecule has 0 amide bonds. The van der Waals surface area contributed by atoms with Gasteiger partial charge in [-0.15, -0.1) is 0 Å². The molecule has 0 saturated heterocycles. The fourth-order valence-electron chi connectivity index (χ4n) is 4.56. The lowest BCUT2D eigenvalue weighted by molar-refractivity contribution is 0.415. The molecule has 0 saturated carbocycles. The number of benzene rings is 2. The third kappa shape index (κ3) is 4.30. The van der Waals surface area contributed by atoms with Gasteiger partial charge >= 0.3 is 0 Å². The van der Waals surface area contributed by atoms with Gasteiger partial charge in [0.1, 0.15) is 11.6 Å². The van der Waals surface area contributed by atoms with E-state index in [4.69, 9.17) is 14.7 Å². The van der Waals surface area contributed by atoms with Crippen molar-refractivity contribution in [2.45, 2.75) is 65.3 Å². The summed E-state index contributed by atoms with van der Waals surface area (Å²) in [6.07, 6.45) is 6.12. The molecule has 1 atom stereocenters. The van der Waals surface area contributed by atoms with Gasteiger partial charge in [0.25, 0.3) is 0 Å². The van der Waals surface area contributed by atoms with Crippen LogP contribution in [0, 0.1) is 0 Å². The van der Waals surface area contributed by atoms with E-state index < -0.39 is 0 Å². The summed E-state index contributed by atoms with van der Waals surface area (Å²) >= 11 is 0. The molecule has 4 nitrogen and oxygen atoms in total. The van der Waals surface area contributed by atoms with E-state index >= 15 is 0 Å². The lowest BCUT2D eigenvalue weighted by atomic mass is 10.00. The Balaban J connectivity index is 1.77. The first kappa shape index (κ1) is 21.4. The molecule has 1 N–H and O–H groups in total. The fraction of sp³-hybridized carbons (Fsp3) is 0.407. The molecule has 2 aromatic carbocycles. The first-order valence-electron chi connectivity index (χ1n) is 11.6. The highest BCUT2D eigenvalue weighted by Gasteiger charge is 2.22. The molecule has 0 spiro atoms. The number of hydrogen-bond acceptors (Lipinski definition) is 4. The summed E-state index contributed by atoms with van der Waals surface area (Å²) in [5.74, 6) is 1.81. The highest BCUT2D eigenvalue weighted by molar-refractivity contribution is 5.72. The van der Waals surface area contributed by atoms with Gasteiger partial charge in [0.2, 0.25) is 0 Å². The minimum absolute atomic E-state index is 0.214. The summed E-state index contributed by atoms with van der Waals surface area (Å²) in [6, 6.07) is 15.3. The van der Waals surface area contributed by atoms with Gasteiger partial charge in [0, 0.05) is 5.56 Å². The van der Waals surface area contributed by atoms with Gasteiger partial charge in [-0.3, -0.25) is 0 Å². The summed E-state index contributed by atoms with van der Waals surface area (Å²) in [7, 11) is 1.75. The number of aromatic nitrogens is 2. The Morgan fingerprint density at radius 2 is 1.65 bits per heavy atom. The van der Waals surface area contributed by atoms with Crippen molar-refractivity contribution in [1.82, 2.24) is 9.97 Å². The van der Waals surface area contributed by atoms with Crippen LogP contribution < -0.4 is 10.1 Å². The predicted octanol–water partition coefficient (Wildman–Crippen LogP) is 6.33. The number of fused-ring (bicyclic) bond motifs is 1. The number of anilines is 1. The summed E-state index contributed by atoms with van der Waals surface area (Å²) < 4.78 is 5.78. The van der Waals surface area contributed by atoms with Crippen LogP contribution in [0.1, 0.15) is 67.7 Å². The van der Waals surface area contributed by atoms with Crippen molar-refractivity contribution in [3.63, 3.8) is 0 Å². The van der Waals surface area contributed by atoms with Crippen LogP contribution in [0.25, 0.3) is 11.3 Å². The zero-order valence-electron chi connectivity index (χ0n) is 19.2. The third-order valence-corrected chi connectivity index (χ3v) is 6.30. The van der Waals surface area contributed by atoms with Crippen molar-refractivity contribution >= 4 is 5.82 Å². The zero-order chi connectivity index (χ0) is 21.8. The maximum atomic E-state index is 5.78. The standard InChI is InChI=1S/C27H33N3O/c1-5-22(18-12-9-8-10-13-18)29-27-24(7-3)28-26(23(6-2)30-27)21-16-19-14-11-15-20(19)17-25(21)31-4/h8-10,12-13,16-17,22H,5-7,11,14-15H2,1-4H3,(H,29,30). The van der Waals surface area contributed by atoms with Crippen LogP contribution in [0.5, 0.6) is 5.75 Å². The molecule has 31 heavy (non-hydrogen) atoms. The zero-order valence-corrected chi connectivity index (χ0v) is 19.2. The largest absolute Gasteiger partial charge is 0.496 e. The molecule has 1 aromatic heterocycles. The van der Waals surface area contributed by atoms with Crippen LogP contribution in [0.3, 0.4) is 0 Å². The van der Waals surface area contributed by atoms with Crippen molar-refractivity contribution in [2.24, 2.45) is 0 Å². The Labute approximate surface area is 186 Å². The molecule has 1 aliphatic rings. The molecule has 0 aliphatic heterocycles. The van der Waals surface area contributed by atoms with Gasteiger partial charge in [0.15, 0.2) is 0 Å². The van der Waals surface area contributed by atoms with Crippen molar-refractivity contribution in [1.29, 1.82) is 0 Å².